The molecule has 0 N–H and O–H groups in total. The first-order valence-electron chi connectivity index (χ1n) is 6.01. The predicted molar refractivity (Wildman–Crippen MR) is 74.4 cm³/mol. The van der Waals surface area contributed by atoms with Crippen LogP contribution >= 0.6 is 0 Å². The number of methoxy groups -OCH3 is 2. The van der Waals surface area contributed by atoms with Crippen LogP contribution in [-0.4, -0.2) is 51.8 Å². The fraction of sp³-hybridized carbons (Fsp3) is 0.385. The quantitative estimate of drug-likeness (QED) is 0.679. The van der Waals surface area contributed by atoms with Gasteiger partial charge in [-0.05, 0) is 31.2 Å². The molecule has 0 atom stereocenters. The van der Waals surface area contributed by atoms with Crippen molar-refractivity contribution in [3.05, 3.63) is 24.3 Å². The summed E-state index contributed by atoms with van der Waals surface area (Å²) < 4.78 is 35.1. The summed E-state index contributed by atoms with van der Waals surface area (Å²) in [6.45, 7) is 0.321. The Morgan fingerprint density at radius 3 is 2.10 bits per heavy atom. The molecule has 0 bridgehead atoms. The van der Waals surface area contributed by atoms with Crippen molar-refractivity contribution in [2.45, 2.75) is 11.8 Å². The van der Waals surface area contributed by atoms with Crippen molar-refractivity contribution in [1.29, 1.82) is 0 Å². The number of ketones is 1. The summed E-state index contributed by atoms with van der Waals surface area (Å²) in [5.74, 6) is -0.621. The summed E-state index contributed by atoms with van der Waals surface area (Å²) in [5.41, 5.74) is 0. The van der Waals surface area contributed by atoms with E-state index in [0.717, 1.165) is 11.4 Å². The first-order chi connectivity index (χ1) is 9.81. The Labute approximate surface area is 123 Å². The van der Waals surface area contributed by atoms with Gasteiger partial charge in [0.15, 0.2) is 0 Å². The SMILES string of the molecule is COC(=O)CN(CC(C)=O)S(=O)(=O)c1ccc(OC)cc1. The number of hydrogen-bond acceptors (Lipinski definition) is 6. The number of rotatable bonds is 7. The Kier molecular flexibility index (Phi) is 5.86. The van der Waals surface area contributed by atoms with Crippen molar-refractivity contribution in [3.63, 3.8) is 0 Å². The predicted octanol–water partition coefficient (Wildman–Crippen LogP) is 0.448. The highest BCUT2D eigenvalue weighted by molar-refractivity contribution is 7.89. The van der Waals surface area contributed by atoms with Gasteiger partial charge in [0.1, 0.15) is 18.1 Å². The Morgan fingerprint density at radius 2 is 1.67 bits per heavy atom. The molecule has 21 heavy (non-hydrogen) atoms. The van der Waals surface area contributed by atoms with Crippen LogP contribution in [-0.2, 0) is 24.3 Å². The van der Waals surface area contributed by atoms with Crippen molar-refractivity contribution in [2.75, 3.05) is 27.3 Å². The molecule has 1 aromatic carbocycles. The standard InChI is InChI=1S/C13H17NO6S/c1-10(15)8-14(9-13(16)20-3)21(17,18)12-6-4-11(19-2)5-7-12/h4-7H,8-9H2,1-3H3. The molecule has 7 nitrogen and oxygen atoms in total. The van der Waals surface area contributed by atoms with Gasteiger partial charge >= 0.3 is 5.97 Å². The van der Waals surface area contributed by atoms with E-state index in [0.29, 0.717) is 5.75 Å². The molecule has 0 aromatic heterocycles. The summed E-state index contributed by atoms with van der Waals surface area (Å²) in [4.78, 5) is 22.5. The molecule has 0 aliphatic rings. The van der Waals surface area contributed by atoms with Crippen LogP contribution in [0.25, 0.3) is 0 Å². The minimum atomic E-state index is -3.97. The van der Waals surface area contributed by atoms with E-state index in [9.17, 15) is 18.0 Å². The molecule has 0 fully saturated rings. The molecular weight excluding hydrogens is 298 g/mol. The van der Waals surface area contributed by atoms with Gasteiger partial charge in [-0.25, -0.2) is 8.42 Å². The van der Waals surface area contributed by atoms with E-state index in [-0.39, 0.29) is 10.7 Å². The zero-order valence-corrected chi connectivity index (χ0v) is 12.8. The van der Waals surface area contributed by atoms with Crippen LogP contribution in [0.3, 0.4) is 0 Å². The minimum absolute atomic E-state index is 0.0338. The number of carbonyl (C=O) groups is 2. The minimum Gasteiger partial charge on any atom is -0.497 e. The van der Waals surface area contributed by atoms with Crippen LogP contribution < -0.4 is 4.74 Å². The molecule has 116 valence electrons. The van der Waals surface area contributed by atoms with Crippen LogP contribution in [0.2, 0.25) is 0 Å². The lowest BCUT2D eigenvalue weighted by molar-refractivity contribution is -0.140. The Balaban J connectivity index is 3.12. The van der Waals surface area contributed by atoms with Crippen molar-refractivity contribution in [3.8, 4) is 5.75 Å². The van der Waals surface area contributed by atoms with Crippen molar-refractivity contribution in [2.24, 2.45) is 0 Å². The normalized spacial score (nSPS) is 11.2. The lowest BCUT2D eigenvalue weighted by Gasteiger charge is -2.19. The van der Waals surface area contributed by atoms with Gasteiger partial charge in [-0.15, -0.1) is 0 Å². The molecule has 0 saturated carbocycles. The molecule has 1 rings (SSSR count). The van der Waals surface area contributed by atoms with E-state index < -0.39 is 29.1 Å². The number of carbonyl (C=O) groups excluding carboxylic acids is 2. The molecule has 0 amide bonds. The highest BCUT2D eigenvalue weighted by Gasteiger charge is 2.28. The maximum Gasteiger partial charge on any atom is 0.321 e. The summed E-state index contributed by atoms with van der Waals surface area (Å²) in [7, 11) is -1.36. The number of benzene rings is 1. The van der Waals surface area contributed by atoms with Gasteiger partial charge in [-0.2, -0.15) is 4.31 Å². The van der Waals surface area contributed by atoms with Gasteiger partial charge in [0.25, 0.3) is 0 Å². The Hall–Kier alpha value is -1.93. The average Bonchev–Trinajstić information content (AvgIpc) is 2.45. The number of esters is 1. The fourth-order valence-corrected chi connectivity index (χ4v) is 2.98. The smallest absolute Gasteiger partial charge is 0.321 e. The monoisotopic (exact) mass is 315 g/mol. The molecule has 0 spiro atoms. The average molecular weight is 315 g/mol. The number of Topliss-reactive ketones (excluding diaryl/α,β-unsaturated/α-hetero) is 1. The summed E-state index contributed by atoms with van der Waals surface area (Å²) in [5, 5.41) is 0. The number of ether oxygens (including phenoxy) is 2. The molecule has 0 heterocycles. The van der Waals surface area contributed by atoms with E-state index in [4.69, 9.17) is 4.74 Å². The van der Waals surface area contributed by atoms with Crippen LogP contribution in [0.5, 0.6) is 5.75 Å². The van der Waals surface area contributed by atoms with Gasteiger partial charge in [0.2, 0.25) is 10.0 Å². The van der Waals surface area contributed by atoms with Crippen molar-refractivity contribution in [1.82, 2.24) is 4.31 Å². The first kappa shape index (κ1) is 17.1. The van der Waals surface area contributed by atoms with Crippen LogP contribution in [0.15, 0.2) is 29.2 Å². The lowest BCUT2D eigenvalue weighted by Crippen LogP contribution is -2.39. The highest BCUT2D eigenvalue weighted by atomic mass is 32.2. The largest absolute Gasteiger partial charge is 0.497 e. The van der Waals surface area contributed by atoms with Crippen LogP contribution in [0.1, 0.15) is 6.92 Å². The van der Waals surface area contributed by atoms with E-state index in [1.165, 1.54) is 38.3 Å². The topological polar surface area (TPSA) is 90.0 Å². The Bertz CT molecular complexity index is 608. The Morgan fingerprint density at radius 1 is 1.10 bits per heavy atom. The van der Waals surface area contributed by atoms with Crippen molar-refractivity contribution < 1.29 is 27.5 Å². The maximum absolute atomic E-state index is 12.4. The fourth-order valence-electron chi connectivity index (χ4n) is 1.58. The summed E-state index contributed by atoms with van der Waals surface area (Å²) in [6, 6.07) is 5.66. The molecule has 8 heteroatoms. The summed E-state index contributed by atoms with van der Waals surface area (Å²) >= 11 is 0. The number of hydrogen-bond donors (Lipinski definition) is 0. The number of sulfonamides is 1. The van der Waals surface area contributed by atoms with E-state index >= 15 is 0 Å². The van der Waals surface area contributed by atoms with Gasteiger partial charge in [0.05, 0.1) is 25.7 Å². The third kappa shape index (κ3) is 4.54. The third-order valence-corrected chi connectivity index (χ3v) is 4.44. The number of nitrogens with zero attached hydrogens (tertiary/aromatic N) is 1. The lowest BCUT2D eigenvalue weighted by atomic mass is 10.3. The van der Waals surface area contributed by atoms with Gasteiger partial charge < -0.3 is 9.47 Å². The van der Waals surface area contributed by atoms with Gasteiger partial charge in [0, 0.05) is 0 Å². The molecule has 0 saturated heterocycles. The third-order valence-electron chi connectivity index (χ3n) is 2.63. The molecule has 0 aliphatic carbocycles. The zero-order valence-electron chi connectivity index (χ0n) is 12.0. The second-order valence-corrected chi connectivity index (χ2v) is 6.16. The van der Waals surface area contributed by atoms with Gasteiger partial charge in [-0.1, -0.05) is 0 Å². The second-order valence-electron chi connectivity index (χ2n) is 4.23. The maximum atomic E-state index is 12.4. The molecular formula is C13H17NO6S. The van der Waals surface area contributed by atoms with Crippen molar-refractivity contribution >= 4 is 21.8 Å². The second kappa shape index (κ2) is 7.19. The van der Waals surface area contributed by atoms with Crippen LogP contribution in [0.4, 0.5) is 0 Å². The van der Waals surface area contributed by atoms with E-state index in [1.54, 1.807) is 0 Å². The zero-order chi connectivity index (χ0) is 16.0. The first-order valence-corrected chi connectivity index (χ1v) is 7.45. The molecule has 0 aliphatic heterocycles. The molecule has 1 aromatic rings. The van der Waals surface area contributed by atoms with Crippen LogP contribution in [0, 0.1) is 0 Å². The summed E-state index contributed by atoms with van der Waals surface area (Å²) in [6.07, 6.45) is 0. The highest BCUT2D eigenvalue weighted by Crippen LogP contribution is 2.19. The molecule has 0 radical (unpaired) electrons. The van der Waals surface area contributed by atoms with E-state index in [2.05, 4.69) is 4.74 Å². The van der Waals surface area contributed by atoms with E-state index in [1.807, 2.05) is 0 Å². The molecule has 0 unspecified atom stereocenters. The van der Waals surface area contributed by atoms with Gasteiger partial charge in [-0.3, -0.25) is 9.59 Å².